The molecule has 1 aromatic rings. The smallest absolute Gasteiger partial charge is 0.251 e. The molecule has 0 bridgehead atoms. The first kappa shape index (κ1) is 17.0. The third kappa shape index (κ3) is 4.23. The van der Waals surface area contributed by atoms with Crippen LogP contribution in [0.15, 0.2) is 0 Å². The van der Waals surface area contributed by atoms with Gasteiger partial charge in [0.05, 0.1) is 6.07 Å². The Morgan fingerprint density at radius 1 is 1.24 bits per heavy atom. The van der Waals surface area contributed by atoms with Gasteiger partial charge in [0, 0.05) is 12.1 Å². The Bertz CT molecular complexity index is 553. The Hall–Kier alpha value is -2.01. The van der Waals surface area contributed by atoms with Crippen molar-refractivity contribution in [2.24, 2.45) is 5.92 Å². The number of hydrogen-bond acceptors (Lipinski definition) is 7. The number of nitriles is 1. The normalized spacial score (nSPS) is 12.1. The molecule has 0 radical (unpaired) electrons. The number of Topliss-reactive ketones (excluding diaryl/α,β-unsaturated/α-hetero) is 1. The number of rotatable bonds is 6. The van der Waals surface area contributed by atoms with E-state index in [4.69, 9.17) is 5.26 Å². The molecule has 0 saturated heterocycles. The molecule has 8 heteroatoms. The molecule has 1 aromatic heterocycles. The molecule has 1 N–H and O–H groups in total. The molecular formula is C13H19N5O2S. The summed E-state index contributed by atoms with van der Waals surface area (Å²) in [6.45, 7) is 9.38. The molecule has 0 spiro atoms. The molecule has 1 unspecified atom stereocenters. The van der Waals surface area contributed by atoms with Crippen LogP contribution in [-0.4, -0.2) is 34.0 Å². The maximum Gasteiger partial charge on any atom is 0.251 e. The van der Waals surface area contributed by atoms with Crippen molar-refractivity contribution < 1.29 is 9.59 Å². The number of anilines is 2. The van der Waals surface area contributed by atoms with Gasteiger partial charge in [-0.15, -0.1) is 10.2 Å². The zero-order valence-electron chi connectivity index (χ0n) is 12.7. The minimum Gasteiger partial charge on any atom is -0.342 e. The van der Waals surface area contributed by atoms with Crippen molar-refractivity contribution in [3.63, 3.8) is 0 Å². The molecular weight excluding hydrogens is 290 g/mol. The molecule has 0 aliphatic heterocycles. The third-order valence-electron chi connectivity index (χ3n) is 2.78. The zero-order valence-corrected chi connectivity index (χ0v) is 13.6. The van der Waals surface area contributed by atoms with Crippen LogP contribution in [0.25, 0.3) is 0 Å². The van der Waals surface area contributed by atoms with E-state index in [0.717, 1.165) is 0 Å². The van der Waals surface area contributed by atoms with Gasteiger partial charge in [0.15, 0.2) is 11.7 Å². The number of carbonyl (C=O) groups is 2. The van der Waals surface area contributed by atoms with Crippen LogP contribution in [0, 0.1) is 17.2 Å². The van der Waals surface area contributed by atoms with Gasteiger partial charge in [-0.3, -0.25) is 14.9 Å². The van der Waals surface area contributed by atoms with E-state index in [-0.39, 0.29) is 17.2 Å². The van der Waals surface area contributed by atoms with E-state index in [1.165, 1.54) is 18.3 Å². The van der Waals surface area contributed by atoms with E-state index in [1.54, 1.807) is 6.07 Å². The van der Waals surface area contributed by atoms with Crippen LogP contribution >= 0.6 is 11.3 Å². The van der Waals surface area contributed by atoms with Crippen LogP contribution in [0.3, 0.4) is 0 Å². The fourth-order valence-electron chi connectivity index (χ4n) is 1.92. The molecule has 0 aromatic carbocycles. The van der Waals surface area contributed by atoms with Gasteiger partial charge in [-0.2, -0.15) is 5.26 Å². The van der Waals surface area contributed by atoms with Gasteiger partial charge >= 0.3 is 0 Å². The molecule has 0 aliphatic carbocycles. The van der Waals surface area contributed by atoms with E-state index in [9.17, 15) is 9.59 Å². The van der Waals surface area contributed by atoms with E-state index >= 15 is 0 Å². The standard InChI is InChI=1S/C13H19N5O2S/c1-7(2)18(8(3)4)13-17-16-12(21-13)15-11(20)10(6-14)9(5)19/h7-8,10H,1-5H3,(H,15,16,20). The Morgan fingerprint density at radius 2 is 1.81 bits per heavy atom. The van der Waals surface area contributed by atoms with Crippen molar-refractivity contribution in [1.82, 2.24) is 10.2 Å². The summed E-state index contributed by atoms with van der Waals surface area (Å²) in [4.78, 5) is 25.0. The predicted molar refractivity (Wildman–Crippen MR) is 81.1 cm³/mol. The summed E-state index contributed by atoms with van der Waals surface area (Å²) in [6.07, 6.45) is 0. The van der Waals surface area contributed by atoms with E-state index in [2.05, 4.69) is 20.4 Å². The third-order valence-corrected chi connectivity index (χ3v) is 3.63. The number of nitrogens with zero attached hydrogens (tertiary/aromatic N) is 4. The van der Waals surface area contributed by atoms with Gasteiger partial charge in [-0.1, -0.05) is 11.3 Å². The number of amides is 1. The maximum absolute atomic E-state index is 11.8. The summed E-state index contributed by atoms with van der Waals surface area (Å²) in [5.41, 5.74) is 0. The molecule has 114 valence electrons. The molecule has 1 amide bonds. The van der Waals surface area contributed by atoms with Crippen LogP contribution in [0.5, 0.6) is 0 Å². The van der Waals surface area contributed by atoms with Crippen molar-refractivity contribution in [3.8, 4) is 6.07 Å². The topological polar surface area (TPSA) is 99.0 Å². The summed E-state index contributed by atoms with van der Waals surface area (Å²) < 4.78 is 0. The first-order valence-electron chi connectivity index (χ1n) is 6.60. The molecule has 0 aliphatic rings. The highest BCUT2D eigenvalue weighted by atomic mass is 32.1. The van der Waals surface area contributed by atoms with E-state index in [0.29, 0.717) is 5.13 Å². The number of aromatic nitrogens is 2. The second-order valence-corrected chi connectivity index (χ2v) is 6.10. The second-order valence-electron chi connectivity index (χ2n) is 5.15. The Morgan fingerprint density at radius 3 is 2.24 bits per heavy atom. The zero-order chi connectivity index (χ0) is 16.2. The lowest BCUT2D eigenvalue weighted by atomic mass is 10.1. The number of carbonyl (C=O) groups excluding carboxylic acids is 2. The van der Waals surface area contributed by atoms with E-state index < -0.39 is 17.6 Å². The van der Waals surface area contributed by atoms with Gasteiger partial charge in [-0.25, -0.2) is 0 Å². The monoisotopic (exact) mass is 309 g/mol. The van der Waals surface area contributed by atoms with Gasteiger partial charge in [0.2, 0.25) is 10.3 Å². The fraction of sp³-hybridized carbons (Fsp3) is 0.615. The second kappa shape index (κ2) is 7.13. The average molecular weight is 309 g/mol. The van der Waals surface area contributed by atoms with E-state index in [1.807, 2.05) is 27.7 Å². The summed E-state index contributed by atoms with van der Waals surface area (Å²) in [5, 5.41) is 20.2. The summed E-state index contributed by atoms with van der Waals surface area (Å²) in [7, 11) is 0. The molecule has 1 heterocycles. The number of nitrogens with one attached hydrogen (secondary N) is 1. The summed E-state index contributed by atoms with van der Waals surface area (Å²) in [5.74, 6) is -2.48. The van der Waals surface area contributed by atoms with Gasteiger partial charge in [0.1, 0.15) is 0 Å². The minimum atomic E-state index is -1.32. The SMILES string of the molecule is CC(=O)C(C#N)C(=O)Nc1nnc(N(C(C)C)C(C)C)s1. The first-order valence-corrected chi connectivity index (χ1v) is 7.42. The Balaban J connectivity index is 2.87. The first-order chi connectivity index (χ1) is 9.77. The highest BCUT2D eigenvalue weighted by Gasteiger charge is 2.25. The Kier molecular flexibility index (Phi) is 5.79. The van der Waals surface area contributed by atoms with Crippen LogP contribution < -0.4 is 10.2 Å². The quantitative estimate of drug-likeness (QED) is 0.805. The highest BCUT2D eigenvalue weighted by molar-refractivity contribution is 7.19. The van der Waals surface area contributed by atoms with Gasteiger partial charge in [0.25, 0.3) is 5.91 Å². The average Bonchev–Trinajstić information content (AvgIpc) is 2.76. The lowest BCUT2D eigenvalue weighted by Gasteiger charge is -2.29. The minimum absolute atomic E-state index is 0.241. The fourth-order valence-corrected chi connectivity index (χ4v) is 2.93. The van der Waals surface area contributed by atoms with Crippen molar-refractivity contribution in [2.75, 3.05) is 10.2 Å². The van der Waals surface area contributed by atoms with Crippen LogP contribution in [0.2, 0.25) is 0 Å². The lowest BCUT2D eigenvalue weighted by molar-refractivity contribution is -0.127. The maximum atomic E-state index is 11.8. The van der Waals surface area contributed by atoms with Crippen molar-refractivity contribution in [2.45, 2.75) is 46.7 Å². The summed E-state index contributed by atoms with van der Waals surface area (Å²) >= 11 is 1.22. The van der Waals surface area contributed by atoms with Crippen LogP contribution in [0.4, 0.5) is 10.3 Å². The van der Waals surface area contributed by atoms with Crippen molar-refractivity contribution >= 4 is 33.3 Å². The molecule has 1 rings (SSSR count). The molecule has 21 heavy (non-hydrogen) atoms. The predicted octanol–water partition coefficient (Wildman–Crippen LogP) is 1.83. The van der Waals surface area contributed by atoms with Crippen molar-refractivity contribution in [3.05, 3.63) is 0 Å². The van der Waals surface area contributed by atoms with Gasteiger partial charge < -0.3 is 4.90 Å². The Labute approximate surface area is 128 Å². The molecule has 0 saturated carbocycles. The van der Waals surface area contributed by atoms with Crippen LogP contribution in [-0.2, 0) is 9.59 Å². The molecule has 7 nitrogen and oxygen atoms in total. The largest absolute Gasteiger partial charge is 0.342 e. The number of hydrogen-bond donors (Lipinski definition) is 1. The molecule has 1 atom stereocenters. The number of ketones is 1. The highest BCUT2D eigenvalue weighted by Crippen LogP contribution is 2.27. The summed E-state index contributed by atoms with van der Waals surface area (Å²) in [6, 6.07) is 2.15. The van der Waals surface area contributed by atoms with Crippen LogP contribution in [0.1, 0.15) is 34.6 Å². The van der Waals surface area contributed by atoms with Crippen molar-refractivity contribution in [1.29, 1.82) is 5.26 Å². The lowest BCUT2D eigenvalue weighted by Crippen LogP contribution is -2.36. The molecule has 0 fully saturated rings. The van der Waals surface area contributed by atoms with Gasteiger partial charge in [-0.05, 0) is 34.6 Å².